The highest BCUT2D eigenvalue weighted by Gasteiger charge is 2.16. The molecular weight excluding hydrogens is 268 g/mol. The first-order valence-corrected chi connectivity index (χ1v) is 5.65. The lowest BCUT2D eigenvalue weighted by atomic mass is 10.5. The molecular formula is C12H16N2O6. The molecule has 0 bridgehead atoms. The molecule has 0 spiro atoms. The van der Waals surface area contributed by atoms with Crippen LogP contribution < -0.4 is 10.6 Å². The Kier molecular flexibility index (Phi) is 8.94. The van der Waals surface area contributed by atoms with Crippen LogP contribution in [-0.4, -0.2) is 50.1 Å². The van der Waals surface area contributed by atoms with Crippen LogP contribution in [0.15, 0.2) is 25.3 Å². The summed E-state index contributed by atoms with van der Waals surface area (Å²) in [5.74, 6) is -3.18. The second kappa shape index (κ2) is 10.3. The summed E-state index contributed by atoms with van der Waals surface area (Å²) in [7, 11) is 0. The molecule has 0 aromatic carbocycles. The van der Waals surface area contributed by atoms with Crippen LogP contribution in [0.3, 0.4) is 0 Å². The Balaban J connectivity index is 3.68. The summed E-state index contributed by atoms with van der Waals surface area (Å²) < 4.78 is 9.06. The number of hydrogen-bond donors (Lipinski definition) is 2. The van der Waals surface area contributed by atoms with Gasteiger partial charge in [-0.15, -0.1) is 0 Å². The minimum absolute atomic E-state index is 0.0548. The largest absolute Gasteiger partial charge is 0.455 e. The van der Waals surface area contributed by atoms with E-state index in [0.717, 1.165) is 12.2 Å². The van der Waals surface area contributed by atoms with Crippen molar-refractivity contribution in [1.29, 1.82) is 0 Å². The summed E-state index contributed by atoms with van der Waals surface area (Å²) in [5, 5.41) is 4.71. The van der Waals surface area contributed by atoms with Gasteiger partial charge in [-0.25, -0.2) is 9.59 Å². The Labute approximate surface area is 115 Å². The van der Waals surface area contributed by atoms with Gasteiger partial charge < -0.3 is 20.1 Å². The fourth-order valence-corrected chi connectivity index (χ4v) is 0.898. The van der Waals surface area contributed by atoms with Gasteiger partial charge >= 0.3 is 11.9 Å². The van der Waals surface area contributed by atoms with E-state index < -0.39 is 23.8 Å². The van der Waals surface area contributed by atoms with Crippen LogP contribution in [0.4, 0.5) is 0 Å². The van der Waals surface area contributed by atoms with E-state index in [9.17, 15) is 19.2 Å². The molecule has 0 rings (SSSR count). The Hall–Kier alpha value is -2.64. The molecule has 20 heavy (non-hydrogen) atoms. The number of esters is 2. The van der Waals surface area contributed by atoms with Gasteiger partial charge in [0.25, 0.3) is 0 Å². The Morgan fingerprint density at radius 2 is 1.15 bits per heavy atom. The summed E-state index contributed by atoms with van der Waals surface area (Å²) in [6.45, 7) is 6.24. The van der Waals surface area contributed by atoms with Crippen molar-refractivity contribution in [3.8, 4) is 0 Å². The van der Waals surface area contributed by atoms with Crippen LogP contribution in [0, 0.1) is 0 Å². The van der Waals surface area contributed by atoms with Crippen LogP contribution in [0.2, 0.25) is 0 Å². The Bertz CT molecular complexity index is 367. The van der Waals surface area contributed by atoms with E-state index in [0.29, 0.717) is 0 Å². The number of amides is 2. The molecule has 0 aliphatic rings. The standard InChI is InChI=1S/C12H16N2O6/c1-3-9(15)13-5-7-19-11(17)12(18)20-8-6-14-10(16)4-2/h3-4H,1-2,5-8H2,(H,13,15)(H,14,16). The molecule has 0 fully saturated rings. The third-order valence-electron chi connectivity index (χ3n) is 1.81. The van der Waals surface area contributed by atoms with E-state index in [2.05, 4.69) is 33.3 Å². The highest BCUT2D eigenvalue weighted by molar-refractivity contribution is 6.29. The minimum Gasteiger partial charge on any atom is -0.455 e. The van der Waals surface area contributed by atoms with Crippen molar-refractivity contribution in [2.75, 3.05) is 26.3 Å². The smallest absolute Gasteiger partial charge is 0.417 e. The predicted molar refractivity (Wildman–Crippen MR) is 68.3 cm³/mol. The number of rotatable bonds is 8. The summed E-state index contributed by atoms with van der Waals surface area (Å²) in [6, 6.07) is 0. The maximum atomic E-state index is 11.1. The predicted octanol–water partition coefficient (Wildman–Crippen LogP) is -1.32. The lowest BCUT2D eigenvalue weighted by molar-refractivity contribution is -0.167. The normalized spacial score (nSPS) is 9.00. The van der Waals surface area contributed by atoms with Crippen LogP contribution in [-0.2, 0) is 28.7 Å². The van der Waals surface area contributed by atoms with Crippen molar-refractivity contribution in [1.82, 2.24) is 10.6 Å². The fraction of sp³-hybridized carbons (Fsp3) is 0.333. The average Bonchev–Trinajstić information content (AvgIpc) is 2.46. The first kappa shape index (κ1) is 17.4. The summed E-state index contributed by atoms with van der Waals surface area (Å²) in [4.78, 5) is 43.7. The molecule has 0 aromatic heterocycles. The average molecular weight is 284 g/mol. The second-order valence-corrected chi connectivity index (χ2v) is 3.26. The third kappa shape index (κ3) is 8.45. The molecule has 0 aliphatic carbocycles. The van der Waals surface area contributed by atoms with Gasteiger partial charge in [-0.2, -0.15) is 0 Å². The SMILES string of the molecule is C=CC(=O)NCCOC(=O)C(=O)OCCNC(=O)C=C. The molecule has 0 unspecified atom stereocenters. The maximum absolute atomic E-state index is 11.1. The summed E-state index contributed by atoms with van der Waals surface area (Å²) in [5.41, 5.74) is 0. The molecule has 2 amide bonds. The molecule has 0 heterocycles. The molecule has 110 valence electrons. The molecule has 8 heteroatoms. The first-order chi connectivity index (χ1) is 9.51. The second-order valence-electron chi connectivity index (χ2n) is 3.26. The van der Waals surface area contributed by atoms with Crippen molar-refractivity contribution < 1.29 is 28.7 Å². The van der Waals surface area contributed by atoms with E-state index in [-0.39, 0.29) is 26.3 Å². The minimum atomic E-state index is -1.17. The monoisotopic (exact) mass is 284 g/mol. The topological polar surface area (TPSA) is 111 Å². The van der Waals surface area contributed by atoms with Gasteiger partial charge in [0.15, 0.2) is 0 Å². The van der Waals surface area contributed by atoms with E-state index in [1.54, 1.807) is 0 Å². The van der Waals surface area contributed by atoms with E-state index in [4.69, 9.17) is 0 Å². The molecule has 0 saturated carbocycles. The third-order valence-corrected chi connectivity index (χ3v) is 1.81. The van der Waals surface area contributed by atoms with Crippen LogP contribution in [0.5, 0.6) is 0 Å². The van der Waals surface area contributed by atoms with Gasteiger partial charge in [0.05, 0.1) is 13.1 Å². The number of carbonyl (C=O) groups excluding carboxylic acids is 4. The van der Waals surface area contributed by atoms with Gasteiger partial charge in [0, 0.05) is 0 Å². The first-order valence-electron chi connectivity index (χ1n) is 5.65. The lowest BCUT2D eigenvalue weighted by Gasteiger charge is -2.06. The van der Waals surface area contributed by atoms with Gasteiger partial charge in [0.1, 0.15) is 13.2 Å². The number of ether oxygens (including phenoxy) is 2. The van der Waals surface area contributed by atoms with Crippen molar-refractivity contribution in [3.63, 3.8) is 0 Å². The summed E-state index contributed by atoms with van der Waals surface area (Å²) >= 11 is 0. The molecule has 0 radical (unpaired) electrons. The molecule has 2 N–H and O–H groups in total. The zero-order valence-corrected chi connectivity index (χ0v) is 10.8. The van der Waals surface area contributed by atoms with Gasteiger partial charge in [-0.05, 0) is 12.2 Å². The lowest BCUT2D eigenvalue weighted by Crippen LogP contribution is -2.30. The Morgan fingerprint density at radius 3 is 1.45 bits per heavy atom. The molecule has 0 aromatic rings. The molecule has 0 saturated heterocycles. The molecule has 8 nitrogen and oxygen atoms in total. The van der Waals surface area contributed by atoms with E-state index in [1.165, 1.54) is 0 Å². The fourth-order valence-electron chi connectivity index (χ4n) is 0.898. The van der Waals surface area contributed by atoms with Crippen molar-refractivity contribution in [2.45, 2.75) is 0 Å². The Morgan fingerprint density at radius 1 is 0.800 bits per heavy atom. The van der Waals surface area contributed by atoms with E-state index in [1.807, 2.05) is 0 Å². The van der Waals surface area contributed by atoms with Crippen molar-refractivity contribution in [2.24, 2.45) is 0 Å². The van der Waals surface area contributed by atoms with Crippen molar-refractivity contribution in [3.05, 3.63) is 25.3 Å². The number of carbonyl (C=O) groups is 4. The number of nitrogens with one attached hydrogen (secondary N) is 2. The highest BCUT2D eigenvalue weighted by Crippen LogP contribution is 1.85. The quantitative estimate of drug-likeness (QED) is 0.247. The highest BCUT2D eigenvalue weighted by atomic mass is 16.6. The summed E-state index contributed by atoms with van der Waals surface area (Å²) in [6.07, 6.45) is 2.13. The van der Waals surface area contributed by atoms with Crippen molar-refractivity contribution >= 4 is 23.8 Å². The van der Waals surface area contributed by atoms with Gasteiger partial charge in [-0.1, -0.05) is 13.2 Å². The number of hydrogen-bond acceptors (Lipinski definition) is 6. The zero-order valence-electron chi connectivity index (χ0n) is 10.8. The zero-order chi connectivity index (χ0) is 15.4. The molecule has 0 aliphatic heterocycles. The van der Waals surface area contributed by atoms with E-state index >= 15 is 0 Å². The maximum Gasteiger partial charge on any atom is 0.417 e. The van der Waals surface area contributed by atoms with Crippen LogP contribution in [0.1, 0.15) is 0 Å². The van der Waals surface area contributed by atoms with Gasteiger partial charge in [-0.3, -0.25) is 9.59 Å². The van der Waals surface area contributed by atoms with Crippen LogP contribution in [0.25, 0.3) is 0 Å². The molecule has 0 atom stereocenters. The van der Waals surface area contributed by atoms with Crippen LogP contribution >= 0.6 is 0 Å². The van der Waals surface area contributed by atoms with Gasteiger partial charge in [0.2, 0.25) is 11.8 Å².